The van der Waals surface area contributed by atoms with Crippen molar-refractivity contribution in [1.29, 1.82) is 0 Å². The van der Waals surface area contributed by atoms with Crippen molar-refractivity contribution in [3.05, 3.63) is 28.8 Å². The summed E-state index contributed by atoms with van der Waals surface area (Å²) in [7, 11) is 0. The van der Waals surface area contributed by atoms with Gasteiger partial charge in [-0.15, -0.1) is 0 Å². The zero-order valence-corrected chi connectivity index (χ0v) is 11.9. The molecule has 1 aromatic carbocycles. The fourth-order valence-electron chi connectivity index (χ4n) is 2.94. The first-order valence-electron chi connectivity index (χ1n) is 7.18. The summed E-state index contributed by atoms with van der Waals surface area (Å²) < 4.78 is 0. The zero-order chi connectivity index (χ0) is 13.2. The predicted molar refractivity (Wildman–Crippen MR) is 77.6 cm³/mol. The van der Waals surface area contributed by atoms with Gasteiger partial charge < -0.3 is 10.4 Å². The van der Waals surface area contributed by atoms with Crippen molar-refractivity contribution in [3.63, 3.8) is 0 Å². The van der Waals surface area contributed by atoms with Gasteiger partial charge in [0.1, 0.15) is 5.75 Å². The second kappa shape index (κ2) is 5.70. The summed E-state index contributed by atoms with van der Waals surface area (Å²) in [5.41, 5.74) is 1.00. The molecule has 3 nitrogen and oxygen atoms in total. The van der Waals surface area contributed by atoms with Crippen LogP contribution in [0.1, 0.15) is 30.9 Å². The molecule has 2 N–H and O–H groups in total. The molecule has 3 rings (SSSR count). The number of phenolic OH excluding ortho intramolecular Hbond substituents is 1. The highest BCUT2D eigenvalue weighted by Gasteiger charge is 2.31. The Bertz CT molecular complexity index is 442. The predicted octanol–water partition coefficient (Wildman–Crippen LogP) is 2.79. The van der Waals surface area contributed by atoms with E-state index in [0.717, 1.165) is 44.1 Å². The molecule has 104 valence electrons. The van der Waals surface area contributed by atoms with Gasteiger partial charge in [0.15, 0.2) is 0 Å². The van der Waals surface area contributed by atoms with Crippen LogP contribution in [0.5, 0.6) is 5.75 Å². The van der Waals surface area contributed by atoms with Gasteiger partial charge in [-0.1, -0.05) is 36.6 Å². The first kappa shape index (κ1) is 13.2. The van der Waals surface area contributed by atoms with Gasteiger partial charge in [0.2, 0.25) is 0 Å². The number of nitrogens with zero attached hydrogens (tertiary/aromatic N) is 1. The van der Waals surface area contributed by atoms with Crippen molar-refractivity contribution in [2.75, 3.05) is 26.2 Å². The molecule has 1 aliphatic heterocycles. The number of aromatic hydroxyl groups is 1. The van der Waals surface area contributed by atoms with Crippen LogP contribution in [-0.2, 0) is 0 Å². The molecule has 0 spiro atoms. The van der Waals surface area contributed by atoms with E-state index < -0.39 is 0 Å². The highest BCUT2D eigenvalue weighted by atomic mass is 35.5. The Labute approximate surface area is 119 Å². The molecule has 1 saturated carbocycles. The molecule has 1 heterocycles. The van der Waals surface area contributed by atoms with Crippen LogP contribution in [0, 0.1) is 5.92 Å². The smallest absolute Gasteiger partial charge is 0.138 e. The Morgan fingerprint density at radius 2 is 2.05 bits per heavy atom. The van der Waals surface area contributed by atoms with E-state index in [1.807, 2.05) is 12.1 Å². The van der Waals surface area contributed by atoms with Crippen molar-refractivity contribution < 1.29 is 5.11 Å². The van der Waals surface area contributed by atoms with E-state index >= 15 is 0 Å². The van der Waals surface area contributed by atoms with Gasteiger partial charge in [0.05, 0.1) is 5.02 Å². The Hall–Kier alpha value is -0.770. The van der Waals surface area contributed by atoms with Crippen molar-refractivity contribution in [2.45, 2.75) is 25.3 Å². The van der Waals surface area contributed by atoms with E-state index in [1.165, 1.54) is 12.8 Å². The van der Waals surface area contributed by atoms with E-state index in [1.54, 1.807) is 6.07 Å². The van der Waals surface area contributed by atoms with Gasteiger partial charge in [-0.25, -0.2) is 0 Å². The van der Waals surface area contributed by atoms with Gasteiger partial charge in [-0.2, -0.15) is 0 Å². The lowest BCUT2D eigenvalue weighted by atomic mass is 9.97. The number of phenols is 1. The maximum absolute atomic E-state index is 10.3. The summed E-state index contributed by atoms with van der Waals surface area (Å²) in [6, 6.07) is 6.04. The maximum Gasteiger partial charge on any atom is 0.138 e. The number of benzene rings is 1. The number of hydrogen-bond acceptors (Lipinski definition) is 3. The van der Waals surface area contributed by atoms with Crippen molar-refractivity contribution in [1.82, 2.24) is 10.2 Å². The molecule has 0 aromatic heterocycles. The lowest BCUT2D eigenvalue weighted by molar-refractivity contribution is 0.158. The summed E-state index contributed by atoms with van der Waals surface area (Å²) in [5.74, 6) is 1.10. The summed E-state index contributed by atoms with van der Waals surface area (Å²) in [4.78, 5) is 2.49. The fourth-order valence-corrected chi connectivity index (χ4v) is 3.12. The second-order valence-electron chi connectivity index (χ2n) is 5.66. The molecule has 1 aromatic rings. The highest BCUT2D eigenvalue weighted by Crippen LogP contribution is 2.43. The highest BCUT2D eigenvalue weighted by molar-refractivity contribution is 6.32. The van der Waals surface area contributed by atoms with Crippen LogP contribution in [-0.4, -0.2) is 36.2 Å². The molecule has 1 atom stereocenters. The molecule has 0 bridgehead atoms. The van der Waals surface area contributed by atoms with Crippen LogP contribution in [0.4, 0.5) is 0 Å². The van der Waals surface area contributed by atoms with Crippen molar-refractivity contribution >= 4 is 11.6 Å². The van der Waals surface area contributed by atoms with Crippen LogP contribution >= 0.6 is 11.6 Å². The third-order valence-corrected chi connectivity index (χ3v) is 4.53. The molecule has 4 heteroatoms. The lowest BCUT2D eigenvalue weighted by Crippen LogP contribution is -2.45. The van der Waals surface area contributed by atoms with Gasteiger partial charge >= 0.3 is 0 Å². The van der Waals surface area contributed by atoms with E-state index in [9.17, 15) is 5.11 Å². The molecule has 1 saturated heterocycles. The van der Waals surface area contributed by atoms with Crippen LogP contribution in [0.15, 0.2) is 18.2 Å². The Balaban J connectivity index is 1.86. The molecule has 0 radical (unpaired) electrons. The molecule has 1 aliphatic carbocycles. The van der Waals surface area contributed by atoms with Crippen LogP contribution < -0.4 is 5.32 Å². The van der Waals surface area contributed by atoms with Crippen LogP contribution in [0.25, 0.3) is 0 Å². The Morgan fingerprint density at radius 3 is 2.74 bits per heavy atom. The topological polar surface area (TPSA) is 35.5 Å². The average molecular weight is 281 g/mol. The molecule has 19 heavy (non-hydrogen) atoms. The minimum atomic E-state index is 0.272. The number of halogens is 1. The lowest BCUT2D eigenvalue weighted by Gasteiger charge is -2.35. The molecule has 2 aliphatic rings. The monoisotopic (exact) mass is 280 g/mol. The number of piperazine rings is 1. The van der Waals surface area contributed by atoms with E-state index in [2.05, 4.69) is 10.2 Å². The standard InChI is InChI=1S/C15H21ClN2O/c16-13-3-1-2-12(15(13)19)14(10-11-4-5-11)18-8-6-17-7-9-18/h1-3,11,14,17,19H,4-10H2/t14-/m0/s1. The molecule has 2 fully saturated rings. The molecular formula is C15H21ClN2O. The normalized spacial score (nSPS) is 22.4. The van der Waals surface area contributed by atoms with Gasteiger partial charge in [-0.05, 0) is 18.4 Å². The first-order valence-corrected chi connectivity index (χ1v) is 7.55. The van der Waals surface area contributed by atoms with Crippen LogP contribution in [0.3, 0.4) is 0 Å². The van der Waals surface area contributed by atoms with Gasteiger partial charge in [0.25, 0.3) is 0 Å². The van der Waals surface area contributed by atoms with Crippen LogP contribution in [0.2, 0.25) is 5.02 Å². The van der Waals surface area contributed by atoms with Crippen molar-refractivity contribution in [2.24, 2.45) is 5.92 Å². The average Bonchev–Trinajstić information content (AvgIpc) is 3.25. The van der Waals surface area contributed by atoms with Crippen molar-refractivity contribution in [3.8, 4) is 5.75 Å². The summed E-state index contributed by atoms with van der Waals surface area (Å²) >= 11 is 6.07. The minimum Gasteiger partial charge on any atom is -0.506 e. The first-order chi connectivity index (χ1) is 9.25. The Kier molecular flexibility index (Phi) is 3.96. The summed E-state index contributed by atoms with van der Waals surface area (Å²) in [5, 5.41) is 14.1. The van der Waals surface area contributed by atoms with E-state index in [-0.39, 0.29) is 5.75 Å². The second-order valence-corrected chi connectivity index (χ2v) is 6.07. The number of hydrogen-bond donors (Lipinski definition) is 2. The van der Waals surface area contributed by atoms with Gasteiger partial charge in [0, 0.05) is 37.8 Å². The third-order valence-electron chi connectivity index (χ3n) is 4.22. The third kappa shape index (κ3) is 3.04. The number of rotatable bonds is 4. The molecule has 0 amide bonds. The van der Waals surface area contributed by atoms with E-state index in [0.29, 0.717) is 11.1 Å². The molecular weight excluding hydrogens is 260 g/mol. The van der Waals surface area contributed by atoms with Gasteiger partial charge in [-0.3, -0.25) is 4.90 Å². The fraction of sp³-hybridized carbons (Fsp3) is 0.600. The minimum absolute atomic E-state index is 0.272. The largest absolute Gasteiger partial charge is 0.506 e. The summed E-state index contributed by atoms with van der Waals surface area (Å²) in [6.45, 7) is 4.15. The zero-order valence-electron chi connectivity index (χ0n) is 11.1. The van der Waals surface area contributed by atoms with E-state index in [4.69, 9.17) is 11.6 Å². The quantitative estimate of drug-likeness (QED) is 0.890. The maximum atomic E-state index is 10.3. The number of para-hydroxylation sites is 1. The number of nitrogens with one attached hydrogen (secondary N) is 1. The Morgan fingerprint density at radius 1 is 1.32 bits per heavy atom. The SMILES string of the molecule is Oc1c(Cl)cccc1[C@H](CC1CC1)N1CCNCC1. The molecule has 0 unspecified atom stereocenters. The summed E-state index contributed by atoms with van der Waals surface area (Å²) in [6.07, 6.45) is 3.82.